The molecule has 0 aromatic heterocycles. The maximum Gasteiger partial charge on any atom is 0.175 e. The number of benzene rings is 2. The molecule has 2 aromatic carbocycles. The zero-order valence-electron chi connectivity index (χ0n) is 7.31. The molecule has 0 saturated carbocycles. The predicted octanol–water partition coefficient (Wildman–Crippen LogP) is 3.21. The van der Waals surface area contributed by atoms with Crippen LogP contribution in [0.4, 0.5) is 0 Å². The van der Waals surface area contributed by atoms with Crippen molar-refractivity contribution in [1.29, 1.82) is 0 Å². The molecule has 2 rings (SSSR count). The molecule has 0 fully saturated rings. The molecular formula is C11H8ClNO. The molecule has 0 radical (unpaired) electrons. The third-order valence-electron chi connectivity index (χ3n) is 2.10. The van der Waals surface area contributed by atoms with Gasteiger partial charge < -0.3 is 5.21 Å². The van der Waals surface area contributed by atoms with Gasteiger partial charge in [-0.15, -0.1) is 0 Å². The second kappa shape index (κ2) is 3.68. The normalized spacial score (nSPS) is 11.9. The second-order valence-electron chi connectivity index (χ2n) is 2.92. The van der Waals surface area contributed by atoms with E-state index < -0.39 is 0 Å². The molecule has 0 saturated heterocycles. The molecule has 3 heteroatoms. The summed E-state index contributed by atoms with van der Waals surface area (Å²) >= 11 is 5.77. The molecule has 70 valence electrons. The molecule has 2 aromatic rings. The fourth-order valence-corrected chi connectivity index (χ4v) is 1.62. The number of halogens is 1. The third kappa shape index (κ3) is 1.44. The fourth-order valence-electron chi connectivity index (χ4n) is 1.46. The van der Waals surface area contributed by atoms with E-state index in [1.165, 1.54) is 0 Å². The summed E-state index contributed by atoms with van der Waals surface area (Å²) < 4.78 is 0. The first-order valence-corrected chi connectivity index (χ1v) is 4.56. The summed E-state index contributed by atoms with van der Waals surface area (Å²) in [5.74, 6) is 0. The minimum absolute atomic E-state index is 0.113. The third-order valence-corrected chi connectivity index (χ3v) is 2.38. The number of hydrogen-bond donors (Lipinski definition) is 1. The number of oxime groups is 1. The molecule has 14 heavy (non-hydrogen) atoms. The molecular weight excluding hydrogens is 198 g/mol. The van der Waals surface area contributed by atoms with Crippen molar-refractivity contribution in [2.75, 3.05) is 0 Å². The Hall–Kier alpha value is -1.54. The Kier molecular flexibility index (Phi) is 2.37. The van der Waals surface area contributed by atoms with Crippen molar-refractivity contribution in [1.82, 2.24) is 0 Å². The van der Waals surface area contributed by atoms with Crippen LogP contribution in [0, 0.1) is 0 Å². The van der Waals surface area contributed by atoms with E-state index in [1.54, 1.807) is 0 Å². The van der Waals surface area contributed by atoms with Crippen molar-refractivity contribution in [3.05, 3.63) is 48.0 Å². The van der Waals surface area contributed by atoms with Gasteiger partial charge >= 0.3 is 0 Å². The van der Waals surface area contributed by atoms with Crippen molar-refractivity contribution < 1.29 is 5.21 Å². The van der Waals surface area contributed by atoms with Crippen LogP contribution in [0.3, 0.4) is 0 Å². The molecule has 0 aliphatic carbocycles. The quantitative estimate of drug-likeness (QED) is 0.433. The Bertz CT molecular complexity index is 488. The topological polar surface area (TPSA) is 32.6 Å². The fraction of sp³-hybridized carbons (Fsp3) is 0. The monoisotopic (exact) mass is 205 g/mol. The van der Waals surface area contributed by atoms with Crippen LogP contribution in [-0.4, -0.2) is 10.4 Å². The van der Waals surface area contributed by atoms with E-state index in [9.17, 15) is 0 Å². The van der Waals surface area contributed by atoms with E-state index in [1.807, 2.05) is 42.5 Å². The lowest BCUT2D eigenvalue weighted by molar-refractivity contribution is 0.321. The highest BCUT2D eigenvalue weighted by Gasteiger charge is 2.04. The van der Waals surface area contributed by atoms with Crippen LogP contribution < -0.4 is 0 Å². The molecule has 0 heterocycles. The lowest BCUT2D eigenvalue weighted by atomic mass is 10.1. The van der Waals surface area contributed by atoms with Crippen LogP contribution in [0.15, 0.2) is 47.6 Å². The van der Waals surface area contributed by atoms with Crippen molar-refractivity contribution in [3.8, 4) is 0 Å². The molecule has 0 amide bonds. The van der Waals surface area contributed by atoms with Gasteiger partial charge in [-0.2, -0.15) is 0 Å². The zero-order chi connectivity index (χ0) is 9.97. The molecule has 1 N–H and O–H groups in total. The smallest absolute Gasteiger partial charge is 0.175 e. The maximum atomic E-state index is 8.60. The lowest BCUT2D eigenvalue weighted by Gasteiger charge is -2.02. The van der Waals surface area contributed by atoms with Gasteiger partial charge in [0.25, 0.3) is 0 Å². The second-order valence-corrected chi connectivity index (χ2v) is 3.28. The van der Waals surface area contributed by atoms with Gasteiger partial charge in [0.05, 0.1) is 0 Å². The van der Waals surface area contributed by atoms with Gasteiger partial charge in [0.2, 0.25) is 0 Å². The lowest BCUT2D eigenvalue weighted by Crippen LogP contribution is -1.92. The largest absolute Gasteiger partial charge is 0.410 e. The van der Waals surface area contributed by atoms with Crippen LogP contribution in [0.5, 0.6) is 0 Å². The first-order valence-electron chi connectivity index (χ1n) is 4.18. The van der Waals surface area contributed by atoms with Gasteiger partial charge in [-0.05, 0) is 10.8 Å². The van der Waals surface area contributed by atoms with Crippen LogP contribution in [-0.2, 0) is 0 Å². The standard InChI is InChI=1S/C11H8ClNO/c12-11(13-14)10-7-3-5-8-4-1-2-6-9(8)10/h1-7,14H/b13-11+. The Morgan fingerprint density at radius 2 is 1.79 bits per heavy atom. The predicted molar refractivity (Wildman–Crippen MR) is 58.1 cm³/mol. The molecule has 0 unspecified atom stereocenters. The average molecular weight is 206 g/mol. The molecule has 2 nitrogen and oxygen atoms in total. The van der Waals surface area contributed by atoms with Crippen LogP contribution in [0.1, 0.15) is 5.56 Å². The first-order chi connectivity index (χ1) is 6.83. The molecule has 0 aliphatic heterocycles. The molecule has 0 spiro atoms. The summed E-state index contributed by atoms with van der Waals surface area (Å²) in [5.41, 5.74) is 0.743. The van der Waals surface area contributed by atoms with Crippen LogP contribution >= 0.6 is 11.6 Å². The average Bonchev–Trinajstić information content (AvgIpc) is 2.27. The number of nitrogens with zero attached hydrogens (tertiary/aromatic N) is 1. The van der Waals surface area contributed by atoms with Gasteiger partial charge in [0.15, 0.2) is 5.17 Å². The summed E-state index contributed by atoms with van der Waals surface area (Å²) in [5, 5.41) is 13.8. The summed E-state index contributed by atoms with van der Waals surface area (Å²) in [6.07, 6.45) is 0. The Morgan fingerprint density at radius 3 is 2.57 bits per heavy atom. The van der Waals surface area contributed by atoms with Crippen molar-refractivity contribution in [3.63, 3.8) is 0 Å². The highest BCUT2D eigenvalue weighted by molar-refractivity contribution is 6.70. The minimum atomic E-state index is 0.113. The number of rotatable bonds is 1. The van der Waals surface area contributed by atoms with E-state index in [4.69, 9.17) is 16.8 Å². The summed E-state index contributed by atoms with van der Waals surface area (Å²) in [7, 11) is 0. The summed E-state index contributed by atoms with van der Waals surface area (Å²) in [6, 6.07) is 13.5. The van der Waals surface area contributed by atoms with Gasteiger partial charge in [-0.1, -0.05) is 59.2 Å². The van der Waals surface area contributed by atoms with Gasteiger partial charge in [-0.25, -0.2) is 0 Å². The Labute approximate surface area is 86.4 Å². The summed E-state index contributed by atoms with van der Waals surface area (Å²) in [4.78, 5) is 0. The van der Waals surface area contributed by atoms with E-state index in [-0.39, 0.29) is 5.17 Å². The van der Waals surface area contributed by atoms with E-state index in [0.29, 0.717) is 0 Å². The van der Waals surface area contributed by atoms with E-state index in [2.05, 4.69) is 5.16 Å². The van der Waals surface area contributed by atoms with Gasteiger partial charge in [-0.3, -0.25) is 0 Å². The highest BCUT2D eigenvalue weighted by atomic mass is 35.5. The number of fused-ring (bicyclic) bond motifs is 1. The van der Waals surface area contributed by atoms with Gasteiger partial charge in [0.1, 0.15) is 0 Å². The maximum absolute atomic E-state index is 8.60. The molecule has 0 atom stereocenters. The SMILES string of the molecule is O/N=C(/Cl)c1cccc2ccccc12. The van der Waals surface area contributed by atoms with Crippen molar-refractivity contribution in [2.45, 2.75) is 0 Å². The minimum Gasteiger partial charge on any atom is -0.410 e. The summed E-state index contributed by atoms with van der Waals surface area (Å²) in [6.45, 7) is 0. The van der Waals surface area contributed by atoms with Crippen LogP contribution in [0.2, 0.25) is 0 Å². The van der Waals surface area contributed by atoms with E-state index in [0.717, 1.165) is 16.3 Å². The van der Waals surface area contributed by atoms with Crippen LogP contribution in [0.25, 0.3) is 10.8 Å². The molecule has 0 aliphatic rings. The van der Waals surface area contributed by atoms with E-state index >= 15 is 0 Å². The first kappa shape index (κ1) is 9.03. The number of hydrogen-bond acceptors (Lipinski definition) is 2. The molecule has 0 bridgehead atoms. The Morgan fingerprint density at radius 1 is 1.07 bits per heavy atom. The van der Waals surface area contributed by atoms with Gasteiger partial charge in [0, 0.05) is 5.56 Å². The van der Waals surface area contributed by atoms with Crippen molar-refractivity contribution in [2.24, 2.45) is 5.16 Å². The zero-order valence-corrected chi connectivity index (χ0v) is 8.07. The van der Waals surface area contributed by atoms with Crippen molar-refractivity contribution >= 4 is 27.5 Å². The highest BCUT2D eigenvalue weighted by Crippen LogP contribution is 2.20. The Balaban J connectivity index is 2.77.